The van der Waals surface area contributed by atoms with Crippen LogP contribution in [-0.4, -0.2) is 5.11 Å². The number of hydrogen-bond donors (Lipinski definition) is 1. The van der Waals surface area contributed by atoms with Crippen molar-refractivity contribution in [3.63, 3.8) is 0 Å². The van der Waals surface area contributed by atoms with Crippen molar-refractivity contribution in [2.75, 3.05) is 0 Å². The maximum absolute atomic E-state index is 12.3. The number of alkyl halides is 3. The van der Waals surface area contributed by atoms with Crippen molar-refractivity contribution in [2.45, 2.75) is 6.18 Å². The number of aromatic hydroxyl groups is 1. The van der Waals surface area contributed by atoms with Crippen molar-refractivity contribution < 1.29 is 18.3 Å². The second-order valence-corrected chi connectivity index (χ2v) is 3.31. The molecule has 0 aliphatic heterocycles. The molecule has 0 unspecified atom stereocenters. The summed E-state index contributed by atoms with van der Waals surface area (Å²) >= 11 is 2.66. The van der Waals surface area contributed by atoms with Gasteiger partial charge in [-0.15, -0.1) is 0 Å². The second kappa shape index (κ2) is 3.50. The highest BCUT2D eigenvalue weighted by Gasteiger charge is 2.33. The third kappa shape index (κ3) is 1.99. The van der Waals surface area contributed by atoms with Gasteiger partial charge in [0.15, 0.2) is 0 Å². The molecular weight excluding hydrogens is 263 g/mol. The largest absolute Gasteiger partial charge is 0.507 e. The number of halogens is 4. The zero-order valence-electron chi connectivity index (χ0n) is 6.56. The lowest BCUT2D eigenvalue weighted by Gasteiger charge is -2.09. The van der Waals surface area contributed by atoms with Gasteiger partial charge in [0.2, 0.25) is 0 Å². The highest BCUT2D eigenvalue weighted by atomic mass is 79.9. The summed E-state index contributed by atoms with van der Waals surface area (Å²) in [5.41, 5.74) is -1.38. The fourth-order valence-electron chi connectivity index (χ4n) is 0.870. The molecule has 0 saturated carbocycles. The van der Waals surface area contributed by atoms with Crippen LogP contribution in [0.5, 0.6) is 5.75 Å². The van der Waals surface area contributed by atoms with Crippen LogP contribution in [0.2, 0.25) is 0 Å². The summed E-state index contributed by atoms with van der Waals surface area (Å²) in [6.45, 7) is 0. The fourth-order valence-corrected chi connectivity index (χ4v) is 1.43. The monoisotopic (exact) mass is 265 g/mol. The summed E-state index contributed by atoms with van der Waals surface area (Å²) in [4.78, 5) is 0. The van der Waals surface area contributed by atoms with Gasteiger partial charge in [-0.1, -0.05) is 15.9 Å². The first-order valence-electron chi connectivity index (χ1n) is 3.36. The molecule has 74 valence electrons. The standard InChI is InChI=1S/C8H3BrF3NO/c9-6-2-7(14)4(3-13)1-5(6)8(10,11)12/h1-2,14H. The minimum absolute atomic E-state index is 0.290. The van der Waals surface area contributed by atoms with Crippen LogP contribution in [0.3, 0.4) is 0 Å². The number of phenols is 1. The van der Waals surface area contributed by atoms with Crippen molar-refractivity contribution in [3.8, 4) is 11.8 Å². The van der Waals surface area contributed by atoms with E-state index >= 15 is 0 Å². The van der Waals surface area contributed by atoms with Crippen LogP contribution >= 0.6 is 15.9 Å². The predicted molar refractivity (Wildman–Crippen MR) is 45.5 cm³/mol. The Morgan fingerprint density at radius 3 is 2.36 bits per heavy atom. The van der Waals surface area contributed by atoms with Gasteiger partial charge in [0, 0.05) is 4.47 Å². The summed E-state index contributed by atoms with van der Waals surface area (Å²) in [6, 6.07) is 2.91. The molecule has 1 N–H and O–H groups in total. The Labute approximate surface area is 85.7 Å². The molecule has 0 fully saturated rings. The highest BCUT2D eigenvalue weighted by Crippen LogP contribution is 2.37. The van der Waals surface area contributed by atoms with E-state index in [0.717, 1.165) is 6.07 Å². The molecule has 1 rings (SSSR count). The smallest absolute Gasteiger partial charge is 0.417 e. The summed E-state index contributed by atoms with van der Waals surface area (Å²) in [5.74, 6) is -0.479. The molecule has 0 heterocycles. The third-order valence-electron chi connectivity index (χ3n) is 1.51. The number of nitrogens with zero attached hydrogens (tertiary/aromatic N) is 1. The molecule has 6 heteroatoms. The molecule has 0 atom stereocenters. The van der Waals surface area contributed by atoms with E-state index in [0.29, 0.717) is 6.07 Å². The maximum atomic E-state index is 12.3. The quantitative estimate of drug-likeness (QED) is 0.784. The lowest BCUT2D eigenvalue weighted by Crippen LogP contribution is -2.06. The van der Waals surface area contributed by atoms with Crippen molar-refractivity contribution in [2.24, 2.45) is 0 Å². The molecular formula is C8H3BrF3NO. The molecule has 0 amide bonds. The molecule has 0 spiro atoms. The van der Waals surface area contributed by atoms with Gasteiger partial charge in [-0.3, -0.25) is 0 Å². The average Bonchev–Trinajstić information content (AvgIpc) is 2.02. The predicted octanol–water partition coefficient (Wildman–Crippen LogP) is 3.05. The van der Waals surface area contributed by atoms with E-state index in [1.54, 1.807) is 0 Å². The molecule has 0 radical (unpaired) electrons. The molecule has 0 bridgehead atoms. The number of benzene rings is 1. The minimum atomic E-state index is -4.54. The van der Waals surface area contributed by atoms with Crippen LogP contribution in [0.1, 0.15) is 11.1 Å². The molecule has 1 aromatic carbocycles. The van der Waals surface area contributed by atoms with Crippen LogP contribution in [0, 0.1) is 11.3 Å². The summed E-state index contributed by atoms with van der Waals surface area (Å²) in [7, 11) is 0. The maximum Gasteiger partial charge on any atom is 0.417 e. The lowest BCUT2D eigenvalue weighted by atomic mass is 10.1. The van der Waals surface area contributed by atoms with Gasteiger partial charge < -0.3 is 5.11 Å². The molecule has 0 aromatic heterocycles. The fraction of sp³-hybridized carbons (Fsp3) is 0.125. The van der Waals surface area contributed by atoms with Gasteiger partial charge >= 0.3 is 6.18 Å². The van der Waals surface area contributed by atoms with Gasteiger partial charge in [0.25, 0.3) is 0 Å². The van der Waals surface area contributed by atoms with Gasteiger partial charge in [-0.25, -0.2) is 0 Å². The summed E-state index contributed by atoms with van der Waals surface area (Å²) in [5, 5.41) is 17.5. The molecule has 0 aliphatic rings. The Morgan fingerprint density at radius 1 is 1.36 bits per heavy atom. The number of rotatable bonds is 0. The third-order valence-corrected chi connectivity index (χ3v) is 2.17. The zero-order chi connectivity index (χ0) is 10.9. The topological polar surface area (TPSA) is 44.0 Å². The van der Waals surface area contributed by atoms with Crippen molar-refractivity contribution >= 4 is 15.9 Å². The Bertz CT molecular complexity index is 408. The van der Waals surface area contributed by atoms with E-state index in [1.165, 1.54) is 6.07 Å². The van der Waals surface area contributed by atoms with Gasteiger partial charge in [-0.2, -0.15) is 18.4 Å². The molecule has 14 heavy (non-hydrogen) atoms. The number of nitriles is 1. The Morgan fingerprint density at radius 2 is 1.93 bits per heavy atom. The summed E-state index contributed by atoms with van der Waals surface area (Å²) in [6.07, 6.45) is -4.54. The van der Waals surface area contributed by atoms with E-state index in [4.69, 9.17) is 10.4 Å². The highest BCUT2D eigenvalue weighted by molar-refractivity contribution is 9.10. The Kier molecular flexibility index (Phi) is 2.71. The Hall–Kier alpha value is -1.22. The second-order valence-electron chi connectivity index (χ2n) is 2.46. The first kappa shape index (κ1) is 10.9. The van der Waals surface area contributed by atoms with Gasteiger partial charge in [0.05, 0.1) is 11.1 Å². The molecule has 2 nitrogen and oxygen atoms in total. The first-order valence-corrected chi connectivity index (χ1v) is 4.15. The van der Waals surface area contributed by atoms with E-state index in [1.807, 2.05) is 0 Å². The zero-order valence-corrected chi connectivity index (χ0v) is 8.15. The van der Waals surface area contributed by atoms with Gasteiger partial charge in [-0.05, 0) is 12.1 Å². The number of phenolic OH excluding ortho intramolecular Hbond substituents is 1. The average molecular weight is 266 g/mol. The van der Waals surface area contributed by atoms with E-state index in [-0.39, 0.29) is 4.47 Å². The van der Waals surface area contributed by atoms with E-state index < -0.39 is 23.1 Å². The van der Waals surface area contributed by atoms with E-state index in [9.17, 15) is 13.2 Å². The van der Waals surface area contributed by atoms with Crippen LogP contribution in [0.4, 0.5) is 13.2 Å². The molecule has 0 aliphatic carbocycles. The normalized spacial score (nSPS) is 11.1. The van der Waals surface area contributed by atoms with Crippen molar-refractivity contribution in [1.29, 1.82) is 5.26 Å². The van der Waals surface area contributed by atoms with Gasteiger partial charge in [0.1, 0.15) is 11.8 Å². The van der Waals surface area contributed by atoms with E-state index in [2.05, 4.69) is 15.9 Å². The number of hydrogen-bond acceptors (Lipinski definition) is 2. The van der Waals surface area contributed by atoms with Crippen LogP contribution < -0.4 is 0 Å². The summed E-state index contributed by atoms with van der Waals surface area (Å²) < 4.78 is 36.5. The Balaban J connectivity index is 3.41. The minimum Gasteiger partial charge on any atom is -0.507 e. The SMILES string of the molecule is N#Cc1cc(C(F)(F)F)c(Br)cc1O. The van der Waals surface area contributed by atoms with Crippen LogP contribution in [0.25, 0.3) is 0 Å². The van der Waals surface area contributed by atoms with Crippen LogP contribution in [0.15, 0.2) is 16.6 Å². The molecule has 1 aromatic rings. The first-order chi connectivity index (χ1) is 6.36. The molecule has 0 saturated heterocycles. The van der Waals surface area contributed by atoms with Crippen LogP contribution in [-0.2, 0) is 6.18 Å². The van der Waals surface area contributed by atoms with Crippen molar-refractivity contribution in [1.82, 2.24) is 0 Å². The lowest BCUT2D eigenvalue weighted by molar-refractivity contribution is -0.138. The van der Waals surface area contributed by atoms with Crippen molar-refractivity contribution in [3.05, 3.63) is 27.7 Å².